The van der Waals surface area contributed by atoms with Gasteiger partial charge in [-0.25, -0.2) is 34.9 Å². The van der Waals surface area contributed by atoms with E-state index in [0.717, 1.165) is 94.5 Å². The maximum Gasteiger partial charge on any atom is 0.238 e. The topological polar surface area (TPSA) is 131 Å². The first-order valence-electron chi connectivity index (χ1n) is 45.7. The average Bonchev–Trinajstić information content (AvgIpc) is 1.58. The normalized spacial score (nSPS) is 11.5. The molecule has 137 heavy (non-hydrogen) atoms. The van der Waals surface area contributed by atoms with Gasteiger partial charge < -0.3 is 9.13 Å². The third-order valence-electron chi connectivity index (χ3n) is 25.6. The molecule has 8 aromatic heterocycles. The summed E-state index contributed by atoms with van der Waals surface area (Å²) in [4.78, 5) is 44.5. The number of fused-ring (bicyclic) bond motifs is 15. The van der Waals surface area contributed by atoms with Crippen LogP contribution in [0, 0.1) is 0 Å². The van der Waals surface area contributed by atoms with Gasteiger partial charge in [-0.3, -0.25) is 4.57 Å². The first-order valence-corrected chi connectivity index (χ1v) is 47.3. The lowest BCUT2D eigenvalue weighted by molar-refractivity contribution is 0.953. The number of hydrogen-bond donors (Lipinski definition) is 0. The molecule has 0 unspecified atom stereocenters. The van der Waals surface area contributed by atoms with Crippen molar-refractivity contribution in [2.45, 2.75) is 0 Å². The molecule has 27 aromatic rings. The molecule has 0 radical (unpaired) electrons. The zero-order chi connectivity index (χ0) is 90.6. The summed E-state index contributed by atoms with van der Waals surface area (Å²) in [6, 6.07) is 165. The summed E-state index contributed by atoms with van der Waals surface area (Å²) in [5, 5.41) is 12.5. The van der Waals surface area contributed by atoms with Crippen LogP contribution in [0.1, 0.15) is 0 Å². The van der Waals surface area contributed by atoms with E-state index in [1.54, 1.807) is 0 Å². The van der Waals surface area contributed by atoms with Crippen molar-refractivity contribution < 1.29 is 0 Å². The summed E-state index contributed by atoms with van der Waals surface area (Å²) in [6.45, 7) is 0. The number of hydrogen-bond acceptors (Lipinski definition) is 11. The largest absolute Gasteiger partial charge is 0.309 e. The summed E-state index contributed by atoms with van der Waals surface area (Å²) >= 11 is 3.73. The summed E-state index contributed by atoms with van der Waals surface area (Å²) in [5.41, 5.74) is 23.9. The van der Waals surface area contributed by atoms with E-state index in [4.69, 9.17) is 44.9 Å². The van der Waals surface area contributed by atoms with Crippen molar-refractivity contribution in [3.63, 3.8) is 0 Å². The molecule has 0 spiro atoms. The van der Waals surface area contributed by atoms with Gasteiger partial charge in [-0.1, -0.05) is 388 Å². The average molecular weight is 1790 g/mol. The second kappa shape index (κ2) is 35.0. The predicted molar refractivity (Wildman–Crippen MR) is 568 cm³/mol. The van der Waals surface area contributed by atoms with E-state index in [1.807, 2.05) is 205 Å². The van der Waals surface area contributed by atoms with Crippen molar-refractivity contribution in [1.29, 1.82) is 0 Å². The highest BCUT2D eigenvalue weighted by Crippen LogP contribution is 2.46. The molecule has 8 heterocycles. The van der Waals surface area contributed by atoms with Crippen LogP contribution in [0.5, 0.6) is 0 Å². The van der Waals surface area contributed by atoms with Crippen LogP contribution < -0.4 is 0 Å². The molecule has 0 aliphatic rings. The van der Waals surface area contributed by atoms with Crippen molar-refractivity contribution in [3.05, 3.63) is 473 Å². The van der Waals surface area contributed by atoms with Gasteiger partial charge in [-0.05, 0) is 118 Å². The van der Waals surface area contributed by atoms with Gasteiger partial charge >= 0.3 is 0 Å². The minimum Gasteiger partial charge on any atom is -0.309 e. The maximum absolute atomic E-state index is 5.06. The molecule has 0 N–H and O–H groups in total. The van der Waals surface area contributed by atoms with E-state index in [9.17, 15) is 0 Å². The molecule has 0 saturated carbocycles. The molecule has 27 rings (SSSR count). The van der Waals surface area contributed by atoms with E-state index in [1.165, 1.54) is 101 Å². The summed E-state index contributed by atoms with van der Waals surface area (Å²) in [7, 11) is 0. The third kappa shape index (κ3) is 15.1. The van der Waals surface area contributed by atoms with Crippen LogP contribution in [0.2, 0.25) is 0 Å². The summed E-state index contributed by atoms with van der Waals surface area (Å²) < 4.78 is 12.1. The lowest BCUT2D eigenvalue weighted by Crippen LogP contribution is -2.06. The van der Waals surface area contributed by atoms with E-state index >= 15 is 0 Å². The number of para-hydroxylation sites is 4. The van der Waals surface area contributed by atoms with Gasteiger partial charge in [0.1, 0.15) is 0 Å². The number of aromatic nitrogens is 12. The summed E-state index contributed by atoms with van der Waals surface area (Å²) in [6.07, 6.45) is 0. The standard InChI is InChI=1S/C45H28N4S.C39H24N4S.C39H26N4/c1-3-13-29(14-4-1)43-46-44(30-15-5-2-6-16-30)48-45(47-43)32-17-11-18-33(27-32)49-39-23-9-7-19-35(39)38-28-31(25-26-40(38)49)34-21-12-22-37-36-20-8-10-24-41(36)50-42(34)37;1-3-12-25(13-4-1)37-40-38(26-14-5-2-6-15-26)42-39(41-37)43-33-20-9-7-16-29(33)32-24-27(22-23-34(32)43)28-18-11-19-31-30-17-8-10-21-35(30)44-36(28)31;1-3-11-29(12-4-1)37-40-38(30-13-5-2-6-14-30)42-39(41-37)31-21-19-27(20-22-31)28-23-25-32(26-24-28)43-35-17-9-7-15-33(35)34-16-8-10-18-36(34)43/h1-28H;1-24H;1-26H. The van der Waals surface area contributed by atoms with Gasteiger partial charge in [0.2, 0.25) is 5.95 Å². The van der Waals surface area contributed by atoms with Crippen LogP contribution in [-0.4, -0.2) is 58.6 Å². The van der Waals surface area contributed by atoms with Crippen LogP contribution >= 0.6 is 22.7 Å². The Bertz CT molecular complexity index is 9040. The van der Waals surface area contributed by atoms with Gasteiger partial charge in [0.25, 0.3) is 0 Å². The number of rotatable bonds is 14. The van der Waals surface area contributed by atoms with Crippen molar-refractivity contribution in [1.82, 2.24) is 58.6 Å². The van der Waals surface area contributed by atoms with Crippen molar-refractivity contribution in [3.8, 4) is 142 Å². The molecule has 642 valence electrons. The Morgan fingerprint density at radius 2 is 0.401 bits per heavy atom. The fraction of sp³-hybridized carbons (Fsp3) is 0. The molecule has 19 aromatic carbocycles. The number of thiophene rings is 2. The van der Waals surface area contributed by atoms with Crippen LogP contribution in [0.4, 0.5) is 0 Å². The fourth-order valence-corrected chi connectivity index (χ4v) is 21.6. The fourth-order valence-electron chi connectivity index (χ4n) is 19.1. The van der Waals surface area contributed by atoms with Gasteiger partial charge in [0.15, 0.2) is 46.6 Å². The first-order chi connectivity index (χ1) is 67.9. The highest BCUT2D eigenvalue weighted by molar-refractivity contribution is 7.26. The molecule has 0 aliphatic carbocycles. The second-order valence-corrected chi connectivity index (χ2v) is 36.0. The van der Waals surface area contributed by atoms with Crippen molar-refractivity contribution in [2.75, 3.05) is 0 Å². The minimum atomic E-state index is 0.600. The molecule has 14 heteroatoms. The Balaban J connectivity index is 0.000000110. The number of benzene rings is 19. The SMILES string of the molecule is c1ccc(-c2nc(-c3ccccc3)nc(-c3ccc(-c4ccc(-n5c6ccccc6c6ccccc65)cc4)cc3)n2)cc1.c1ccc(-c2nc(-c3ccccc3)nc(-c3cccc(-n4c5ccccc5c5cc(-c6cccc7c6sc6ccccc67)ccc54)c3)n2)cc1.c1ccc(-c2nc(-c3ccccc3)nc(-n3c4ccccc4c4cc(-c5cccc6c5sc5ccccc56)ccc43)n2)cc1. The van der Waals surface area contributed by atoms with Crippen LogP contribution in [0.25, 0.3) is 248 Å². The monoisotopic (exact) mass is 1790 g/mol. The zero-order valence-corrected chi connectivity index (χ0v) is 75.3. The molecular weight excluding hydrogens is 1710 g/mol. The van der Waals surface area contributed by atoms with Gasteiger partial charge in [0.05, 0.1) is 33.1 Å². The molecular formula is C123H78N12S2. The summed E-state index contributed by atoms with van der Waals surface area (Å²) in [5.74, 6) is 5.81. The molecule has 0 amide bonds. The molecule has 0 aliphatic heterocycles. The Hall–Kier alpha value is -18.0. The van der Waals surface area contributed by atoms with E-state index < -0.39 is 0 Å². The molecule has 12 nitrogen and oxygen atoms in total. The van der Waals surface area contributed by atoms with Gasteiger partial charge in [0, 0.05) is 129 Å². The maximum atomic E-state index is 5.06. The van der Waals surface area contributed by atoms with Crippen LogP contribution in [0.3, 0.4) is 0 Å². The molecule has 0 saturated heterocycles. The zero-order valence-electron chi connectivity index (χ0n) is 73.7. The second-order valence-electron chi connectivity index (χ2n) is 33.9. The van der Waals surface area contributed by atoms with Crippen LogP contribution in [0.15, 0.2) is 473 Å². The lowest BCUT2D eigenvalue weighted by Gasteiger charge is -2.12. The van der Waals surface area contributed by atoms with Gasteiger partial charge in [-0.2, -0.15) is 9.97 Å². The Morgan fingerprint density at radius 3 is 0.788 bits per heavy atom. The van der Waals surface area contributed by atoms with Crippen molar-refractivity contribution >= 4 is 128 Å². The predicted octanol–water partition coefficient (Wildman–Crippen LogP) is 32.0. The van der Waals surface area contributed by atoms with E-state index in [-0.39, 0.29) is 0 Å². The van der Waals surface area contributed by atoms with Gasteiger partial charge in [-0.15, -0.1) is 22.7 Å². The highest BCUT2D eigenvalue weighted by atomic mass is 32.1. The highest BCUT2D eigenvalue weighted by Gasteiger charge is 2.24. The number of nitrogens with zero attached hydrogens (tertiary/aromatic N) is 12. The van der Waals surface area contributed by atoms with E-state index in [0.29, 0.717) is 52.5 Å². The van der Waals surface area contributed by atoms with Crippen molar-refractivity contribution in [2.24, 2.45) is 0 Å². The Kier molecular flexibility index (Phi) is 20.7. The Morgan fingerprint density at radius 1 is 0.146 bits per heavy atom. The first kappa shape index (κ1) is 81.1. The molecule has 0 atom stereocenters. The van der Waals surface area contributed by atoms with Crippen LogP contribution in [-0.2, 0) is 0 Å². The third-order valence-corrected chi connectivity index (χ3v) is 28.0. The Labute approximate surface area is 796 Å². The minimum absolute atomic E-state index is 0.600. The smallest absolute Gasteiger partial charge is 0.238 e. The van der Waals surface area contributed by atoms with E-state index in [2.05, 4.69) is 305 Å². The molecule has 0 bridgehead atoms. The lowest BCUT2D eigenvalue weighted by atomic mass is 10.0. The molecule has 0 fully saturated rings. The quantitative estimate of drug-likeness (QED) is 0.104.